The first-order valence-electron chi connectivity index (χ1n) is 6.72. The minimum atomic E-state index is -1.01. The van der Waals surface area contributed by atoms with Crippen molar-refractivity contribution in [1.82, 2.24) is 0 Å². The monoisotopic (exact) mass is 268 g/mol. The number of aliphatic hydroxyl groups excluding tert-OH is 1. The van der Waals surface area contributed by atoms with Crippen LogP contribution in [0.2, 0.25) is 0 Å². The number of aliphatic hydroxyl groups is 1. The van der Waals surface area contributed by atoms with E-state index in [-0.39, 0.29) is 12.7 Å². The van der Waals surface area contributed by atoms with Gasteiger partial charge in [-0.3, -0.25) is 0 Å². The van der Waals surface area contributed by atoms with Crippen molar-refractivity contribution in [2.24, 2.45) is 0 Å². The molecule has 19 heavy (non-hydrogen) atoms. The van der Waals surface area contributed by atoms with Crippen molar-refractivity contribution in [1.29, 1.82) is 0 Å². The smallest absolute Gasteiger partial charge is 0.129 e. The van der Waals surface area contributed by atoms with Crippen LogP contribution in [0.4, 0.5) is 4.39 Å². The molecule has 1 aliphatic rings. The Labute approximate surface area is 113 Å². The average Bonchev–Trinajstić information content (AvgIpc) is 2.46. The van der Waals surface area contributed by atoms with E-state index in [9.17, 15) is 9.50 Å². The highest BCUT2D eigenvalue weighted by Crippen LogP contribution is 2.27. The third-order valence-electron chi connectivity index (χ3n) is 3.65. The highest BCUT2D eigenvalue weighted by atomic mass is 19.1. The number of alkyl halides is 1. The molecule has 0 bridgehead atoms. The summed E-state index contributed by atoms with van der Waals surface area (Å²) in [5.41, 5.74) is 0.795. The molecule has 1 aliphatic carbocycles. The highest BCUT2D eigenvalue weighted by molar-refractivity contribution is 5.17. The fourth-order valence-electron chi connectivity index (χ4n) is 2.44. The molecular weight excluding hydrogens is 247 g/mol. The van der Waals surface area contributed by atoms with E-state index in [1.807, 2.05) is 30.3 Å². The van der Waals surface area contributed by atoms with Crippen molar-refractivity contribution in [3.8, 4) is 0 Å². The van der Waals surface area contributed by atoms with Gasteiger partial charge in [0.15, 0.2) is 0 Å². The van der Waals surface area contributed by atoms with Gasteiger partial charge in [0.1, 0.15) is 12.3 Å². The fraction of sp³-hybridized carbons (Fsp3) is 0.600. The highest BCUT2D eigenvalue weighted by Gasteiger charge is 2.31. The van der Waals surface area contributed by atoms with E-state index in [1.54, 1.807) is 7.11 Å². The summed E-state index contributed by atoms with van der Waals surface area (Å²) in [6, 6.07) is 9.28. The molecule has 1 aromatic rings. The zero-order valence-corrected chi connectivity index (χ0v) is 11.2. The van der Waals surface area contributed by atoms with Gasteiger partial charge in [-0.2, -0.15) is 0 Å². The zero-order valence-electron chi connectivity index (χ0n) is 11.2. The van der Waals surface area contributed by atoms with Gasteiger partial charge in [0.05, 0.1) is 18.8 Å². The summed E-state index contributed by atoms with van der Waals surface area (Å²) in [4.78, 5) is 0. The zero-order chi connectivity index (χ0) is 13.7. The maximum absolute atomic E-state index is 13.9. The van der Waals surface area contributed by atoms with Crippen LogP contribution in [-0.4, -0.2) is 37.2 Å². The third kappa shape index (κ3) is 4.00. The molecule has 4 heteroatoms. The second-order valence-corrected chi connectivity index (χ2v) is 4.99. The van der Waals surface area contributed by atoms with E-state index in [0.717, 1.165) is 12.0 Å². The van der Waals surface area contributed by atoms with Gasteiger partial charge in [0.25, 0.3) is 0 Å². The standard InChI is InChI=1S/C15H21FO3/c1-18-12-7-8-15(13(16)9-12)19-10-14(17)11-5-3-2-4-6-11/h2-6,12-15,17H,7-10H2,1H3/t12-,13+,14?,15+/m1/s1. The molecule has 1 aromatic carbocycles. The predicted molar refractivity (Wildman–Crippen MR) is 70.7 cm³/mol. The number of hydrogen-bond acceptors (Lipinski definition) is 3. The Balaban J connectivity index is 1.79. The molecule has 1 fully saturated rings. The van der Waals surface area contributed by atoms with Crippen LogP contribution in [-0.2, 0) is 9.47 Å². The molecule has 106 valence electrons. The molecule has 0 spiro atoms. The van der Waals surface area contributed by atoms with Crippen molar-refractivity contribution < 1.29 is 19.0 Å². The van der Waals surface area contributed by atoms with Gasteiger partial charge >= 0.3 is 0 Å². The summed E-state index contributed by atoms with van der Waals surface area (Å²) < 4.78 is 24.5. The van der Waals surface area contributed by atoms with Gasteiger partial charge < -0.3 is 14.6 Å². The van der Waals surface area contributed by atoms with Crippen molar-refractivity contribution in [3.63, 3.8) is 0 Å². The number of rotatable bonds is 5. The maximum atomic E-state index is 13.9. The van der Waals surface area contributed by atoms with Crippen molar-refractivity contribution >= 4 is 0 Å². The summed E-state index contributed by atoms with van der Waals surface area (Å²) >= 11 is 0. The average molecular weight is 268 g/mol. The lowest BCUT2D eigenvalue weighted by atomic mass is 9.93. The molecule has 0 aliphatic heterocycles. The van der Waals surface area contributed by atoms with Gasteiger partial charge in [0, 0.05) is 13.5 Å². The summed E-state index contributed by atoms with van der Waals surface area (Å²) in [5.74, 6) is 0. The van der Waals surface area contributed by atoms with Gasteiger partial charge in [-0.25, -0.2) is 4.39 Å². The van der Waals surface area contributed by atoms with Crippen LogP contribution in [0.1, 0.15) is 30.9 Å². The first-order chi connectivity index (χ1) is 9.20. The number of ether oxygens (including phenoxy) is 2. The molecule has 0 heterocycles. The molecule has 0 radical (unpaired) electrons. The summed E-state index contributed by atoms with van der Waals surface area (Å²) in [6.07, 6.45) is -0.318. The van der Waals surface area contributed by atoms with Crippen LogP contribution >= 0.6 is 0 Å². The van der Waals surface area contributed by atoms with E-state index >= 15 is 0 Å². The van der Waals surface area contributed by atoms with E-state index in [2.05, 4.69) is 0 Å². The maximum Gasteiger partial charge on any atom is 0.129 e. The summed E-state index contributed by atoms with van der Waals surface area (Å²) in [6.45, 7) is 0.132. The van der Waals surface area contributed by atoms with E-state index in [0.29, 0.717) is 12.8 Å². The number of halogens is 1. The number of methoxy groups -OCH3 is 1. The second-order valence-electron chi connectivity index (χ2n) is 4.99. The Kier molecular flexibility index (Phi) is 5.31. The Morgan fingerprint density at radius 2 is 2.05 bits per heavy atom. The molecule has 0 amide bonds. The Bertz CT molecular complexity index is 371. The van der Waals surface area contributed by atoms with Crippen LogP contribution in [0.3, 0.4) is 0 Å². The first-order valence-corrected chi connectivity index (χ1v) is 6.72. The molecule has 0 aromatic heterocycles. The predicted octanol–water partition coefficient (Wildman–Crippen LogP) is 2.64. The molecule has 4 atom stereocenters. The summed E-state index contributed by atoms with van der Waals surface area (Å²) in [7, 11) is 1.61. The minimum absolute atomic E-state index is 0.00565. The van der Waals surface area contributed by atoms with E-state index in [4.69, 9.17) is 9.47 Å². The number of benzene rings is 1. The quantitative estimate of drug-likeness (QED) is 0.892. The van der Waals surface area contributed by atoms with Gasteiger partial charge in [-0.05, 0) is 18.4 Å². The third-order valence-corrected chi connectivity index (χ3v) is 3.65. The topological polar surface area (TPSA) is 38.7 Å². The molecule has 1 N–H and O–H groups in total. The van der Waals surface area contributed by atoms with E-state index in [1.165, 1.54) is 0 Å². The van der Waals surface area contributed by atoms with Gasteiger partial charge in [-0.15, -0.1) is 0 Å². The lowest BCUT2D eigenvalue weighted by Crippen LogP contribution is -2.36. The van der Waals surface area contributed by atoms with Gasteiger partial charge in [-0.1, -0.05) is 30.3 Å². The molecule has 0 saturated heterocycles. The SMILES string of the molecule is CO[C@@H]1CC[C@H](OCC(O)c2ccccc2)[C@@H](F)C1. The molecular formula is C15H21FO3. The Hall–Kier alpha value is -0.970. The largest absolute Gasteiger partial charge is 0.386 e. The minimum Gasteiger partial charge on any atom is -0.386 e. The van der Waals surface area contributed by atoms with Gasteiger partial charge in [0.2, 0.25) is 0 Å². The second kappa shape index (κ2) is 6.98. The lowest BCUT2D eigenvalue weighted by Gasteiger charge is -2.31. The normalized spacial score (nSPS) is 29.1. The molecule has 1 saturated carbocycles. The van der Waals surface area contributed by atoms with Crippen LogP contribution in [0.25, 0.3) is 0 Å². The van der Waals surface area contributed by atoms with Crippen LogP contribution < -0.4 is 0 Å². The number of hydrogen-bond donors (Lipinski definition) is 1. The van der Waals surface area contributed by atoms with E-state index < -0.39 is 18.4 Å². The fourth-order valence-corrected chi connectivity index (χ4v) is 2.44. The summed E-state index contributed by atoms with van der Waals surface area (Å²) in [5, 5.41) is 9.96. The lowest BCUT2D eigenvalue weighted by molar-refractivity contribution is -0.0845. The first kappa shape index (κ1) is 14.4. The molecule has 3 nitrogen and oxygen atoms in total. The van der Waals surface area contributed by atoms with Crippen LogP contribution in [0.15, 0.2) is 30.3 Å². The Morgan fingerprint density at radius 3 is 2.68 bits per heavy atom. The molecule has 1 unspecified atom stereocenters. The van der Waals surface area contributed by atoms with Crippen molar-refractivity contribution in [2.45, 2.75) is 43.7 Å². The van der Waals surface area contributed by atoms with Crippen LogP contribution in [0.5, 0.6) is 0 Å². The van der Waals surface area contributed by atoms with Crippen LogP contribution in [0, 0.1) is 0 Å². The van der Waals surface area contributed by atoms with Crippen molar-refractivity contribution in [3.05, 3.63) is 35.9 Å². The molecule has 2 rings (SSSR count). The van der Waals surface area contributed by atoms with Crippen molar-refractivity contribution in [2.75, 3.05) is 13.7 Å². The Morgan fingerprint density at radius 1 is 1.32 bits per heavy atom.